The molecule has 0 atom stereocenters. The van der Waals surface area contributed by atoms with E-state index < -0.39 is 61.3 Å². The molecule has 0 aromatic heterocycles. The van der Waals surface area contributed by atoms with Gasteiger partial charge in [0, 0.05) is 0 Å². The zero-order valence-electron chi connectivity index (χ0n) is 18.0. The molecule has 0 saturated heterocycles. The van der Waals surface area contributed by atoms with Crippen molar-refractivity contribution in [3.63, 3.8) is 0 Å². The fourth-order valence-corrected chi connectivity index (χ4v) is 16.3. The molecule has 35 heavy (non-hydrogen) atoms. The summed E-state index contributed by atoms with van der Waals surface area (Å²) in [4.78, 5) is 0. The van der Waals surface area contributed by atoms with Crippen molar-refractivity contribution in [3.8, 4) is 0 Å². The van der Waals surface area contributed by atoms with E-state index in [-0.39, 0.29) is 0 Å². The Morgan fingerprint density at radius 2 is 0.629 bits per heavy atom. The minimum absolute atomic E-state index is 0.662. The molecule has 0 aliphatic rings. The van der Waals surface area contributed by atoms with Crippen LogP contribution in [0.1, 0.15) is 0 Å². The topological polar surface area (TPSA) is 96.0 Å². The summed E-state index contributed by atoms with van der Waals surface area (Å²) in [7, 11) is -9.93. The van der Waals surface area contributed by atoms with Crippen LogP contribution in [-0.4, -0.2) is 16.8 Å². The Kier molecular flexibility index (Phi) is 8.91. The predicted molar refractivity (Wildman–Crippen MR) is 150 cm³/mol. The summed E-state index contributed by atoms with van der Waals surface area (Å²) in [5.41, 5.74) is 0. The summed E-state index contributed by atoms with van der Waals surface area (Å²) in [5, 5.41) is 0. The molecule has 0 radical (unpaired) electrons. The Morgan fingerprint density at radius 3 is 0.857 bits per heavy atom. The first-order chi connectivity index (χ1) is 16.8. The van der Waals surface area contributed by atoms with Gasteiger partial charge in [0.2, 0.25) is 0 Å². The van der Waals surface area contributed by atoms with Gasteiger partial charge in [-0.25, -0.2) is 0 Å². The SMILES string of the molecule is O=S(=O)(OI(c1ccccc1)c1ccccc1)OS(=O)(=O)OI(c1ccccc1)c1ccccc1. The van der Waals surface area contributed by atoms with Crippen molar-refractivity contribution in [1.82, 2.24) is 0 Å². The molecular weight excluding hydrogens is 718 g/mol. The van der Waals surface area contributed by atoms with Crippen molar-refractivity contribution >= 4 is 61.3 Å². The van der Waals surface area contributed by atoms with Gasteiger partial charge in [0.05, 0.1) is 0 Å². The molecule has 0 saturated carbocycles. The molecule has 0 N–H and O–H groups in total. The maximum absolute atomic E-state index is 12.8. The average Bonchev–Trinajstić information content (AvgIpc) is 2.87. The fourth-order valence-electron chi connectivity index (χ4n) is 2.79. The summed E-state index contributed by atoms with van der Waals surface area (Å²) in [6.45, 7) is 0. The third-order valence-corrected chi connectivity index (χ3v) is 18.3. The molecule has 4 rings (SSSR count). The number of rotatable bonds is 10. The Morgan fingerprint density at radius 1 is 0.400 bits per heavy atom. The molecule has 0 amide bonds. The monoisotopic (exact) mass is 738 g/mol. The Balaban J connectivity index is 1.59. The van der Waals surface area contributed by atoms with Crippen LogP contribution in [0.2, 0.25) is 0 Å². The first kappa shape index (κ1) is 26.2. The van der Waals surface area contributed by atoms with Gasteiger partial charge in [-0.05, 0) is 0 Å². The number of benzene rings is 4. The molecule has 0 spiro atoms. The molecule has 0 unspecified atom stereocenters. The van der Waals surface area contributed by atoms with Gasteiger partial charge in [0.15, 0.2) is 0 Å². The summed E-state index contributed by atoms with van der Waals surface area (Å²) in [6.07, 6.45) is 0. The van der Waals surface area contributed by atoms with Gasteiger partial charge >= 0.3 is 222 Å². The van der Waals surface area contributed by atoms with Crippen molar-refractivity contribution < 1.29 is 25.5 Å². The van der Waals surface area contributed by atoms with Crippen LogP contribution >= 0.6 is 40.5 Å². The van der Waals surface area contributed by atoms with Crippen molar-refractivity contribution in [2.45, 2.75) is 0 Å². The maximum atomic E-state index is 12.8. The zero-order chi connectivity index (χ0) is 24.7. The minimum atomic E-state index is -4.96. The molecule has 0 fully saturated rings. The summed E-state index contributed by atoms with van der Waals surface area (Å²) < 4.78 is 69.3. The average molecular weight is 738 g/mol. The molecule has 0 aliphatic carbocycles. The Bertz CT molecular complexity index is 1250. The second-order valence-corrected chi connectivity index (χ2v) is 19.1. The Hall–Kier alpha value is -1.88. The number of hydrogen-bond donors (Lipinski definition) is 0. The zero-order valence-corrected chi connectivity index (χ0v) is 23.9. The van der Waals surface area contributed by atoms with Crippen LogP contribution in [0.15, 0.2) is 121 Å². The molecule has 0 heterocycles. The molecule has 0 aliphatic heterocycles. The van der Waals surface area contributed by atoms with Crippen LogP contribution in [0.25, 0.3) is 0 Å². The molecular formula is C24H20I2O7S2. The molecule has 4 aromatic rings. The summed E-state index contributed by atoms with van der Waals surface area (Å²) >= 11 is -6.12. The second kappa shape index (κ2) is 11.9. The van der Waals surface area contributed by atoms with Crippen LogP contribution in [0, 0.1) is 14.3 Å². The molecule has 11 heteroatoms. The van der Waals surface area contributed by atoms with Gasteiger partial charge in [0.1, 0.15) is 0 Å². The van der Waals surface area contributed by atoms with Gasteiger partial charge in [-0.2, -0.15) is 0 Å². The first-order valence-corrected chi connectivity index (χ1v) is 18.8. The van der Waals surface area contributed by atoms with Crippen molar-refractivity contribution in [3.05, 3.63) is 136 Å². The van der Waals surface area contributed by atoms with Crippen LogP contribution in [-0.2, 0) is 29.5 Å². The van der Waals surface area contributed by atoms with E-state index in [2.05, 4.69) is 3.63 Å². The fraction of sp³-hybridized carbons (Fsp3) is 0. The standard InChI is InChI=1S/C24H20I2O7S2/c27-34(28,31-25(21-13-5-1-6-14-21)22-15-7-2-8-16-22)33-35(29,30)32-26(23-17-9-3-10-18-23)24-19-11-4-12-20-24/h1-20H. The van der Waals surface area contributed by atoms with Gasteiger partial charge in [0.25, 0.3) is 0 Å². The molecule has 4 aromatic carbocycles. The quantitative estimate of drug-likeness (QED) is 0.189. The van der Waals surface area contributed by atoms with Crippen molar-refractivity contribution in [2.75, 3.05) is 0 Å². The number of hydrogen-bond acceptors (Lipinski definition) is 7. The van der Waals surface area contributed by atoms with Crippen LogP contribution in [0.4, 0.5) is 0 Å². The van der Waals surface area contributed by atoms with E-state index in [0.29, 0.717) is 14.3 Å². The molecule has 7 nitrogen and oxygen atoms in total. The first-order valence-electron chi connectivity index (χ1n) is 10.0. The van der Waals surface area contributed by atoms with E-state index in [4.69, 9.17) is 5.03 Å². The van der Waals surface area contributed by atoms with E-state index in [1.54, 1.807) is 121 Å². The van der Waals surface area contributed by atoms with E-state index in [0.717, 1.165) is 0 Å². The Labute approximate surface area is 220 Å². The summed E-state index contributed by atoms with van der Waals surface area (Å²) in [5.74, 6) is 0. The number of halogens is 2. The van der Waals surface area contributed by atoms with E-state index in [1.807, 2.05) is 0 Å². The molecule has 184 valence electrons. The predicted octanol–water partition coefficient (Wildman–Crippen LogP) is 5.85. The van der Waals surface area contributed by atoms with Gasteiger partial charge in [-0.15, -0.1) is 0 Å². The van der Waals surface area contributed by atoms with Crippen LogP contribution in [0.5, 0.6) is 0 Å². The van der Waals surface area contributed by atoms with E-state index in [1.165, 1.54) is 0 Å². The van der Waals surface area contributed by atoms with Gasteiger partial charge in [-0.1, -0.05) is 0 Å². The molecule has 0 bridgehead atoms. The van der Waals surface area contributed by atoms with E-state index >= 15 is 0 Å². The summed E-state index contributed by atoms with van der Waals surface area (Å²) in [6, 6.07) is 35.2. The second-order valence-electron chi connectivity index (χ2n) is 6.69. The van der Waals surface area contributed by atoms with Crippen molar-refractivity contribution in [1.29, 1.82) is 0 Å². The normalized spacial score (nSPS) is 12.7. The van der Waals surface area contributed by atoms with Crippen LogP contribution < -0.4 is 0 Å². The van der Waals surface area contributed by atoms with Gasteiger partial charge in [-0.3, -0.25) is 0 Å². The third-order valence-electron chi connectivity index (χ3n) is 4.17. The van der Waals surface area contributed by atoms with E-state index in [9.17, 15) is 16.8 Å². The third kappa shape index (κ3) is 7.55. The van der Waals surface area contributed by atoms with Gasteiger partial charge < -0.3 is 0 Å². The van der Waals surface area contributed by atoms with Crippen molar-refractivity contribution in [2.24, 2.45) is 0 Å². The van der Waals surface area contributed by atoms with Crippen LogP contribution in [0.3, 0.4) is 0 Å².